The van der Waals surface area contributed by atoms with Crippen molar-refractivity contribution < 1.29 is 43.5 Å². The molecule has 0 aliphatic heterocycles. The van der Waals surface area contributed by atoms with E-state index in [1.54, 1.807) is 48.5 Å². The molecule has 0 radical (unpaired) electrons. The molecule has 0 spiro atoms. The van der Waals surface area contributed by atoms with Gasteiger partial charge in [0.2, 0.25) is 0 Å². The summed E-state index contributed by atoms with van der Waals surface area (Å²) in [5.74, 6) is -0.603. The van der Waals surface area contributed by atoms with Gasteiger partial charge in [-0.15, -0.1) is 0 Å². The van der Waals surface area contributed by atoms with Crippen molar-refractivity contribution >= 4 is 11.9 Å². The summed E-state index contributed by atoms with van der Waals surface area (Å²) in [6, 6.07) is 13.6. The molecule has 2 aromatic rings. The third kappa shape index (κ3) is 8.06. The first-order valence-corrected chi connectivity index (χ1v) is 9.68. The van der Waals surface area contributed by atoms with Crippen LogP contribution in [0.5, 0.6) is 23.0 Å². The molecular weight excluding hydrogens is 408 g/mol. The Morgan fingerprint density at radius 3 is 1.39 bits per heavy atom. The number of carboxylic acids is 2. The molecule has 0 aliphatic carbocycles. The van der Waals surface area contributed by atoms with Crippen molar-refractivity contribution in [2.45, 2.75) is 26.1 Å². The van der Waals surface area contributed by atoms with Gasteiger partial charge in [0, 0.05) is 0 Å². The third-order valence-electron chi connectivity index (χ3n) is 3.97. The molecule has 0 aromatic heterocycles. The fourth-order valence-corrected chi connectivity index (χ4v) is 2.34. The smallest absolute Gasteiger partial charge is 0.344 e. The molecule has 0 amide bonds. The highest BCUT2D eigenvalue weighted by Gasteiger charge is 2.16. The molecule has 2 atom stereocenters. The van der Waals surface area contributed by atoms with Gasteiger partial charge in [-0.2, -0.15) is 0 Å². The van der Waals surface area contributed by atoms with Gasteiger partial charge in [0.25, 0.3) is 0 Å². The second kappa shape index (κ2) is 12.3. The summed E-state index contributed by atoms with van der Waals surface area (Å²) >= 11 is 0. The van der Waals surface area contributed by atoms with Crippen LogP contribution in [0.3, 0.4) is 0 Å². The Hall–Kier alpha value is -3.46. The molecule has 0 fully saturated rings. The van der Waals surface area contributed by atoms with Crippen LogP contribution in [0.4, 0.5) is 0 Å². The Kier molecular flexibility index (Phi) is 9.44. The highest BCUT2D eigenvalue weighted by Crippen LogP contribution is 2.28. The quantitative estimate of drug-likeness (QED) is 0.432. The molecule has 2 aromatic carbocycles. The van der Waals surface area contributed by atoms with Crippen LogP contribution in [0.25, 0.3) is 0 Å². The number of benzene rings is 2. The van der Waals surface area contributed by atoms with E-state index in [9.17, 15) is 9.59 Å². The minimum Gasteiger partial charge on any atom is -0.487 e. The van der Waals surface area contributed by atoms with Crippen molar-refractivity contribution in [2.24, 2.45) is 0 Å². The van der Waals surface area contributed by atoms with Gasteiger partial charge in [-0.1, -0.05) is 24.3 Å². The van der Waals surface area contributed by atoms with Crippen molar-refractivity contribution in [3.63, 3.8) is 0 Å². The number of ether oxygens (including phenoxy) is 5. The van der Waals surface area contributed by atoms with Gasteiger partial charge in [-0.3, -0.25) is 0 Å². The number of carboxylic acid groups (broad SMARTS) is 2. The maximum absolute atomic E-state index is 10.9. The lowest BCUT2D eigenvalue weighted by Gasteiger charge is -2.16. The number of aliphatic carboxylic acids is 2. The van der Waals surface area contributed by atoms with E-state index < -0.39 is 24.1 Å². The Morgan fingerprint density at radius 2 is 1.03 bits per heavy atom. The summed E-state index contributed by atoms with van der Waals surface area (Å²) in [5.41, 5.74) is 0. The lowest BCUT2D eigenvalue weighted by molar-refractivity contribution is -0.145. The van der Waals surface area contributed by atoms with Crippen LogP contribution >= 0.6 is 0 Å². The van der Waals surface area contributed by atoms with Crippen molar-refractivity contribution in [1.29, 1.82) is 0 Å². The van der Waals surface area contributed by atoms with Crippen LogP contribution in [0.1, 0.15) is 13.8 Å². The van der Waals surface area contributed by atoms with Crippen LogP contribution in [-0.4, -0.2) is 60.8 Å². The van der Waals surface area contributed by atoms with Crippen molar-refractivity contribution in [3.05, 3.63) is 48.5 Å². The first-order valence-electron chi connectivity index (χ1n) is 9.68. The van der Waals surface area contributed by atoms with E-state index in [0.717, 1.165) is 0 Å². The van der Waals surface area contributed by atoms with E-state index in [1.165, 1.54) is 13.8 Å². The van der Waals surface area contributed by atoms with Crippen LogP contribution in [-0.2, 0) is 14.3 Å². The Morgan fingerprint density at radius 1 is 0.677 bits per heavy atom. The van der Waals surface area contributed by atoms with E-state index in [0.29, 0.717) is 23.0 Å². The molecule has 0 saturated heterocycles. The molecule has 2 N–H and O–H groups in total. The molecule has 0 heterocycles. The normalized spacial score (nSPS) is 12.5. The summed E-state index contributed by atoms with van der Waals surface area (Å²) < 4.78 is 27.4. The van der Waals surface area contributed by atoms with Gasteiger partial charge in [0.15, 0.2) is 35.2 Å². The van der Waals surface area contributed by atoms with E-state index in [2.05, 4.69) is 0 Å². The second-order valence-corrected chi connectivity index (χ2v) is 6.40. The van der Waals surface area contributed by atoms with Gasteiger partial charge in [0.05, 0.1) is 13.2 Å². The highest BCUT2D eigenvalue weighted by molar-refractivity contribution is 5.72. The largest absolute Gasteiger partial charge is 0.487 e. The standard InChI is InChI=1S/C22H26O9/c1-15(21(23)24)30-19-9-5-3-7-17(19)28-13-11-27-12-14-29-18-8-4-6-10-20(18)31-16(2)22(25)26/h3-10,15-16H,11-14H2,1-2H3,(H,23,24)(H,25,26). The summed E-state index contributed by atoms with van der Waals surface area (Å²) in [5, 5.41) is 17.9. The predicted molar refractivity (Wildman–Crippen MR) is 110 cm³/mol. The van der Waals surface area contributed by atoms with E-state index in [-0.39, 0.29) is 26.4 Å². The first kappa shape index (κ1) is 23.8. The van der Waals surface area contributed by atoms with E-state index in [4.69, 9.17) is 33.9 Å². The number of carbonyl (C=O) groups is 2. The highest BCUT2D eigenvalue weighted by atomic mass is 16.6. The Bertz CT molecular complexity index is 783. The maximum Gasteiger partial charge on any atom is 0.344 e. The minimum atomic E-state index is -1.07. The third-order valence-corrected chi connectivity index (χ3v) is 3.97. The van der Waals surface area contributed by atoms with Crippen LogP contribution < -0.4 is 18.9 Å². The Balaban J connectivity index is 1.71. The zero-order valence-electron chi connectivity index (χ0n) is 17.4. The second-order valence-electron chi connectivity index (χ2n) is 6.40. The molecule has 9 nitrogen and oxygen atoms in total. The summed E-state index contributed by atoms with van der Waals surface area (Å²) in [6.45, 7) is 3.90. The molecular formula is C22H26O9. The zero-order valence-corrected chi connectivity index (χ0v) is 17.4. The molecule has 2 rings (SSSR count). The van der Waals surface area contributed by atoms with Crippen LogP contribution in [0.15, 0.2) is 48.5 Å². The van der Waals surface area contributed by atoms with Gasteiger partial charge in [0.1, 0.15) is 13.2 Å². The van der Waals surface area contributed by atoms with Crippen molar-refractivity contribution in [1.82, 2.24) is 0 Å². The zero-order chi connectivity index (χ0) is 22.6. The van der Waals surface area contributed by atoms with Gasteiger partial charge >= 0.3 is 11.9 Å². The fraction of sp³-hybridized carbons (Fsp3) is 0.364. The molecule has 2 unspecified atom stereocenters. The number of rotatable bonds is 14. The average molecular weight is 434 g/mol. The first-order chi connectivity index (χ1) is 14.9. The van der Waals surface area contributed by atoms with Crippen molar-refractivity contribution in [3.8, 4) is 23.0 Å². The van der Waals surface area contributed by atoms with E-state index in [1.807, 2.05) is 0 Å². The molecule has 168 valence electrons. The lowest BCUT2D eigenvalue weighted by atomic mass is 10.3. The molecule has 0 saturated carbocycles. The lowest BCUT2D eigenvalue weighted by Crippen LogP contribution is -2.23. The topological polar surface area (TPSA) is 121 Å². The monoisotopic (exact) mass is 434 g/mol. The summed E-state index contributed by atoms with van der Waals surface area (Å²) in [7, 11) is 0. The maximum atomic E-state index is 10.9. The summed E-state index contributed by atoms with van der Waals surface area (Å²) in [6.07, 6.45) is -1.99. The molecule has 0 bridgehead atoms. The summed E-state index contributed by atoms with van der Waals surface area (Å²) in [4.78, 5) is 21.9. The fourth-order valence-electron chi connectivity index (χ4n) is 2.34. The SMILES string of the molecule is CC(Oc1ccccc1OCCOCCOc1ccccc1OC(C)C(=O)O)C(=O)O. The Labute approximate surface area is 180 Å². The molecule has 9 heteroatoms. The van der Waals surface area contributed by atoms with Gasteiger partial charge in [-0.05, 0) is 38.1 Å². The number of hydrogen-bond acceptors (Lipinski definition) is 7. The van der Waals surface area contributed by atoms with E-state index >= 15 is 0 Å². The number of para-hydroxylation sites is 4. The predicted octanol–water partition coefficient (Wildman–Crippen LogP) is 2.86. The van der Waals surface area contributed by atoms with Crippen LogP contribution in [0.2, 0.25) is 0 Å². The van der Waals surface area contributed by atoms with Gasteiger partial charge in [-0.25, -0.2) is 9.59 Å². The average Bonchev–Trinajstić information content (AvgIpc) is 2.75. The van der Waals surface area contributed by atoms with Gasteiger partial charge < -0.3 is 33.9 Å². The minimum absolute atomic E-state index is 0.234. The molecule has 0 aliphatic rings. The molecule has 31 heavy (non-hydrogen) atoms. The van der Waals surface area contributed by atoms with Crippen molar-refractivity contribution in [2.75, 3.05) is 26.4 Å². The number of hydrogen-bond donors (Lipinski definition) is 2. The van der Waals surface area contributed by atoms with Crippen LogP contribution in [0, 0.1) is 0 Å².